The molecular formula is C16H27ClN2O2S. The van der Waals surface area contributed by atoms with E-state index in [1.54, 1.807) is 18.4 Å². The Bertz CT molecular complexity index is 479. The summed E-state index contributed by atoms with van der Waals surface area (Å²) in [5.41, 5.74) is 1.36. The van der Waals surface area contributed by atoms with Crippen molar-refractivity contribution in [3.05, 3.63) is 21.4 Å². The first kappa shape index (κ1) is 19.4. The molecule has 0 saturated carbocycles. The highest BCUT2D eigenvalue weighted by molar-refractivity contribution is 7.14. The Labute approximate surface area is 143 Å². The van der Waals surface area contributed by atoms with Crippen LogP contribution in [-0.2, 0) is 11.2 Å². The number of halogens is 1. The van der Waals surface area contributed by atoms with Crippen LogP contribution in [0.25, 0.3) is 0 Å². The molecule has 126 valence electrons. The van der Waals surface area contributed by atoms with Gasteiger partial charge in [-0.3, -0.25) is 4.79 Å². The van der Waals surface area contributed by atoms with Crippen molar-refractivity contribution < 1.29 is 9.53 Å². The molecule has 1 amide bonds. The fourth-order valence-corrected chi connectivity index (χ4v) is 4.00. The molecule has 0 atom stereocenters. The Morgan fingerprint density at radius 3 is 2.68 bits per heavy atom. The molecule has 1 aromatic rings. The van der Waals surface area contributed by atoms with Gasteiger partial charge in [-0.25, -0.2) is 0 Å². The topological polar surface area (TPSA) is 50.4 Å². The van der Waals surface area contributed by atoms with Crippen molar-refractivity contribution in [1.29, 1.82) is 0 Å². The van der Waals surface area contributed by atoms with E-state index in [4.69, 9.17) is 4.74 Å². The molecule has 4 nitrogen and oxygen atoms in total. The normalized spacial score (nSPS) is 16.9. The third-order valence-corrected chi connectivity index (χ3v) is 5.46. The lowest BCUT2D eigenvalue weighted by atomic mass is 9.79. The Morgan fingerprint density at radius 2 is 2.14 bits per heavy atom. The van der Waals surface area contributed by atoms with Gasteiger partial charge in [-0.1, -0.05) is 6.92 Å². The molecule has 1 fully saturated rings. The zero-order chi connectivity index (χ0) is 15.3. The summed E-state index contributed by atoms with van der Waals surface area (Å²) in [6.45, 7) is 7.60. The lowest BCUT2D eigenvalue weighted by Gasteiger charge is -2.37. The molecule has 0 aromatic carbocycles. The van der Waals surface area contributed by atoms with E-state index in [-0.39, 0.29) is 23.7 Å². The predicted molar refractivity (Wildman–Crippen MR) is 94.4 cm³/mol. The minimum atomic E-state index is 0. The van der Waals surface area contributed by atoms with E-state index in [1.807, 2.05) is 6.07 Å². The van der Waals surface area contributed by atoms with Crippen LogP contribution < -0.4 is 10.6 Å². The average molecular weight is 347 g/mol. The molecule has 1 saturated heterocycles. The Hall–Kier alpha value is -0.620. The van der Waals surface area contributed by atoms with Crippen LogP contribution in [0.1, 0.15) is 39.9 Å². The summed E-state index contributed by atoms with van der Waals surface area (Å²) in [5, 5.41) is 6.49. The number of hydrogen-bond acceptors (Lipinski definition) is 4. The molecule has 2 rings (SSSR count). The van der Waals surface area contributed by atoms with E-state index in [0.29, 0.717) is 13.2 Å². The van der Waals surface area contributed by atoms with Crippen molar-refractivity contribution >= 4 is 29.7 Å². The lowest BCUT2D eigenvalue weighted by Crippen LogP contribution is -2.47. The van der Waals surface area contributed by atoms with Gasteiger partial charge in [0.25, 0.3) is 5.91 Å². The number of ether oxygens (including phenoxy) is 1. The monoisotopic (exact) mass is 346 g/mol. The molecule has 0 radical (unpaired) electrons. The Balaban J connectivity index is 0.00000242. The molecule has 6 heteroatoms. The van der Waals surface area contributed by atoms with E-state index in [9.17, 15) is 4.79 Å². The minimum Gasteiger partial charge on any atom is -0.384 e. The smallest absolute Gasteiger partial charge is 0.261 e. The second-order valence-corrected chi connectivity index (χ2v) is 7.17. The molecule has 2 N–H and O–H groups in total. The van der Waals surface area contributed by atoms with Crippen LogP contribution in [0.15, 0.2) is 6.07 Å². The van der Waals surface area contributed by atoms with Crippen molar-refractivity contribution in [2.75, 3.05) is 33.4 Å². The number of nitrogens with one attached hydrogen (secondary N) is 2. The number of amides is 1. The highest BCUT2D eigenvalue weighted by atomic mass is 35.5. The van der Waals surface area contributed by atoms with Gasteiger partial charge in [0.05, 0.1) is 11.5 Å². The fraction of sp³-hybridized carbons (Fsp3) is 0.688. The SMILES string of the molecule is CCc1cc(C(=O)NCC2(COC)CCNCC2)sc1C.Cl. The van der Waals surface area contributed by atoms with E-state index in [2.05, 4.69) is 24.5 Å². The van der Waals surface area contributed by atoms with E-state index in [1.165, 1.54) is 10.4 Å². The average Bonchev–Trinajstić information content (AvgIpc) is 2.87. The summed E-state index contributed by atoms with van der Waals surface area (Å²) in [7, 11) is 1.74. The van der Waals surface area contributed by atoms with Crippen LogP contribution in [0.5, 0.6) is 0 Å². The van der Waals surface area contributed by atoms with Crippen LogP contribution in [0.4, 0.5) is 0 Å². The summed E-state index contributed by atoms with van der Waals surface area (Å²) in [6.07, 6.45) is 3.07. The van der Waals surface area contributed by atoms with Gasteiger partial charge in [0.1, 0.15) is 0 Å². The summed E-state index contributed by atoms with van der Waals surface area (Å²) < 4.78 is 5.39. The first-order valence-corrected chi connectivity index (χ1v) is 8.49. The molecular weight excluding hydrogens is 320 g/mol. The van der Waals surface area contributed by atoms with E-state index >= 15 is 0 Å². The number of thiophene rings is 1. The molecule has 22 heavy (non-hydrogen) atoms. The highest BCUT2D eigenvalue weighted by Gasteiger charge is 2.32. The van der Waals surface area contributed by atoms with E-state index in [0.717, 1.165) is 37.2 Å². The van der Waals surface area contributed by atoms with Crippen LogP contribution in [0, 0.1) is 12.3 Å². The number of hydrogen-bond donors (Lipinski definition) is 2. The maximum Gasteiger partial charge on any atom is 0.261 e. The Kier molecular flexibility index (Phi) is 7.83. The number of rotatable bonds is 6. The second kappa shape index (κ2) is 8.87. The maximum absolute atomic E-state index is 12.4. The summed E-state index contributed by atoms with van der Waals surface area (Å²) in [5.74, 6) is 0.0526. The number of aryl methyl sites for hydroxylation is 2. The zero-order valence-corrected chi connectivity index (χ0v) is 15.3. The quantitative estimate of drug-likeness (QED) is 0.832. The van der Waals surface area contributed by atoms with Crippen molar-refractivity contribution in [2.24, 2.45) is 5.41 Å². The van der Waals surface area contributed by atoms with Crippen molar-refractivity contribution in [2.45, 2.75) is 33.1 Å². The molecule has 0 unspecified atom stereocenters. The minimum absolute atomic E-state index is 0. The van der Waals surface area contributed by atoms with Gasteiger partial charge in [0.15, 0.2) is 0 Å². The molecule has 1 aliphatic rings. The zero-order valence-electron chi connectivity index (χ0n) is 13.7. The Morgan fingerprint density at radius 1 is 1.45 bits per heavy atom. The van der Waals surface area contributed by atoms with Gasteiger partial charge in [0.2, 0.25) is 0 Å². The van der Waals surface area contributed by atoms with Gasteiger partial charge in [0, 0.05) is 23.9 Å². The molecule has 1 aromatic heterocycles. The first-order chi connectivity index (χ1) is 10.1. The number of piperidine rings is 1. The first-order valence-electron chi connectivity index (χ1n) is 7.67. The highest BCUT2D eigenvalue weighted by Crippen LogP contribution is 2.29. The molecule has 1 aliphatic heterocycles. The standard InChI is InChI=1S/C16H26N2O2S.ClH/c1-4-13-9-14(21-12(13)2)15(19)18-10-16(11-20-3)5-7-17-8-6-16;/h9,17H,4-8,10-11H2,1-3H3,(H,18,19);1H. The number of methoxy groups -OCH3 is 1. The molecule has 0 aliphatic carbocycles. The van der Waals surface area contributed by atoms with Crippen molar-refractivity contribution in [1.82, 2.24) is 10.6 Å². The largest absolute Gasteiger partial charge is 0.384 e. The fourth-order valence-electron chi connectivity index (χ4n) is 2.97. The molecule has 0 spiro atoms. The van der Waals surface area contributed by atoms with Crippen LogP contribution in [0.3, 0.4) is 0 Å². The molecule has 0 bridgehead atoms. The van der Waals surface area contributed by atoms with Crippen LogP contribution in [0.2, 0.25) is 0 Å². The van der Waals surface area contributed by atoms with Gasteiger partial charge in [-0.15, -0.1) is 23.7 Å². The maximum atomic E-state index is 12.4. The summed E-state index contributed by atoms with van der Waals surface area (Å²) in [4.78, 5) is 14.4. The van der Waals surface area contributed by atoms with E-state index < -0.39 is 0 Å². The van der Waals surface area contributed by atoms with Crippen molar-refractivity contribution in [3.8, 4) is 0 Å². The second-order valence-electron chi connectivity index (χ2n) is 5.91. The van der Waals surface area contributed by atoms with Gasteiger partial charge in [-0.2, -0.15) is 0 Å². The number of carbonyl (C=O) groups excluding carboxylic acids is 1. The lowest BCUT2D eigenvalue weighted by molar-refractivity contribution is 0.0512. The van der Waals surface area contributed by atoms with Gasteiger partial charge >= 0.3 is 0 Å². The third-order valence-electron chi connectivity index (χ3n) is 4.36. The predicted octanol–water partition coefficient (Wildman–Crippen LogP) is 2.79. The van der Waals surface area contributed by atoms with Gasteiger partial charge in [-0.05, 0) is 50.9 Å². The third kappa shape index (κ3) is 4.69. The summed E-state index contributed by atoms with van der Waals surface area (Å²) >= 11 is 1.59. The molecule has 2 heterocycles. The van der Waals surface area contributed by atoms with Crippen molar-refractivity contribution in [3.63, 3.8) is 0 Å². The number of carbonyl (C=O) groups is 1. The van der Waals surface area contributed by atoms with Gasteiger partial charge < -0.3 is 15.4 Å². The van der Waals surface area contributed by atoms with Crippen LogP contribution in [-0.4, -0.2) is 39.3 Å². The van der Waals surface area contributed by atoms with Crippen LogP contribution >= 0.6 is 23.7 Å². The summed E-state index contributed by atoms with van der Waals surface area (Å²) in [6, 6.07) is 2.03.